The molecule has 3 rings (SSSR count). The van der Waals surface area contributed by atoms with Crippen LogP contribution in [-0.4, -0.2) is 20.9 Å². The maximum absolute atomic E-state index is 12.5. The maximum Gasteiger partial charge on any atom is 0.271 e. The number of anilines is 2. The van der Waals surface area contributed by atoms with E-state index < -0.39 is 10.0 Å². The molecule has 0 saturated heterocycles. The van der Waals surface area contributed by atoms with Crippen molar-refractivity contribution in [3.63, 3.8) is 0 Å². The van der Waals surface area contributed by atoms with Crippen LogP contribution in [0.4, 0.5) is 11.4 Å². The molecular formula is C17H19ClN2O3S2. The number of nitrogens with one attached hydrogen (secondary N) is 1. The van der Waals surface area contributed by atoms with Crippen LogP contribution in [0.1, 0.15) is 25.8 Å². The normalized spacial score (nSPS) is 14.5. The van der Waals surface area contributed by atoms with Crippen LogP contribution in [0.15, 0.2) is 34.5 Å². The molecule has 25 heavy (non-hydrogen) atoms. The van der Waals surface area contributed by atoms with Gasteiger partial charge in [-0.25, -0.2) is 8.42 Å². The summed E-state index contributed by atoms with van der Waals surface area (Å²) < 4.78 is 28.1. The average Bonchev–Trinajstić information content (AvgIpc) is 3.00. The van der Waals surface area contributed by atoms with Gasteiger partial charge in [0, 0.05) is 18.2 Å². The second-order valence-corrected chi connectivity index (χ2v) is 9.88. The van der Waals surface area contributed by atoms with Gasteiger partial charge in [0.15, 0.2) is 0 Å². The molecule has 5 nitrogen and oxygen atoms in total. The number of carbonyl (C=O) groups excluding carboxylic acids is 1. The van der Waals surface area contributed by atoms with Gasteiger partial charge in [0.1, 0.15) is 4.21 Å². The summed E-state index contributed by atoms with van der Waals surface area (Å²) in [7, 11) is -3.69. The highest BCUT2D eigenvalue weighted by Gasteiger charge is 2.25. The minimum absolute atomic E-state index is 0.0472. The third-order valence-electron chi connectivity index (χ3n) is 4.03. The van der Waals surface area contributed by atoms with Gasteiger partial charge < -0.3 is 4.90 Å². The summed E-state index contributed by atoms with van der Waals surface area (Å²) in [6, 6.07) is 8.38. The van der Waals surface area contributed by atoms with Gasteiger partial charge in [-0.15, -0.1) is 11.3 Å². The first-order valence-electron chi connectivity index (χ1n) is 8.00. The van der Waals surface area contributed by atoms with E-state index >= 15 is 0 Å². The van der Waals surface area contributed by atoms with E-state index in [1.54, 1.807) is 23.1 Å². The maximum atomic E-state index is 12.5. The fourth-order valence-corrected chi connectivity index (χ4v) is 5.36. The number of carbonyl (C=O) groups is 1. The van der Waals surface area contributed by atoms with Crippen LogP contribution >= 0.6 is 22.9 Å². The number of halogens is 1. The Labute approximate surface area is 156 Å². The molecule has 1 aliphatic rings. The summed E-state index contributed by atoms with van der Waals surface area (Å²) in [4.78, 5) is 14.2. The Morgan fingerprint density at radius 3 is 2.68 bits per heavy atom. The van der Waals surface area contributed by atoms with Crippen LogP contribution in [0, 0.1) is 5.92 Å². The molecule has 1 N–H and O–H groups in total. The SMILES string of the molecule is CC(C)C(=O)N1CCCc2ccc(NS(=O)(=O)c3ccc(Cl)s3)cc21. The molecule has 0 saturated carbocycles. The van der Waals surface area contributed by atoms with Gasteiger partial charge in [-0.3, -0.25) is 9.52 Å². The third kappa shape index (κ3) is 3.83. The van der Waals surface area contributed by atoms with Crippen molar-refractivity contribution < 1.29 is 13.2 Å². The van der Waals surface area contributed by atoms with Crippen molar-refractivity contribution in [3.05, 3.63) is 40.2 Å². The van der Waals surface area contributed by atoms with Crippen molar-refractivity contribution in [2.75, 3.05) is 16.2 Å². The van der Waals surface area contributed by atoms with E-state index in [0.29, 0.717) is 16.6 Å². The Hall–Kier alpha value is -1.57. The van der Waals surface area contributed by atoms with Crippen LogP contribution in [0.25, 0.3) is 0 Å². The fraction of sp³-hybridized carbons (Fsp3) is 0.353. The van der Waals surface area contributed by atoms with Gasteiger partial charge in [0.05, 0.1) is 10.0 Å². The number of nitrogens with zero attached hydrogens (tertiary/aromatic N) is 1. The summed E-state index contributed by atoms with van der Waals surface area (Å²) in [5.74, 6) is -0.0643. The number of benzene rings is 1. The van der Waals surface area contributed by atoms with Gasteiger partial charge in [0.25, 0.3) is 10.0 Å². The number of thiophene rings is 1. The van der Waals surface area contributed by atoms with Crippen LogP contribution in [-0.2, 0) is 21.2 Å². The lowest BCUT2D eigenvalue weighted by atomic mass is 9.99. The highest BCUT2D eigenvalue weighted by atomic mass is 35.5. The van der Waals surface area contributed by atoms with Gasteiger partial charge in [0.2, 0.25) is 5.91 Å². The zero-order valence-electron chi connectivity index (χ0n) is 14.0. The zero-order chi connectivity index (χ0) is 18.2. The Morgan fingerprint density at radius 2 is 2.04 bits per heavy atom. The van der Waals surface area contributed by atoms with E-state index in [4.69, 9.17) is 11.6 Å². The molecule has 8 heteroatoms. The van der Waals surface area contributed by atoms with E-state index in [1.165, 1.54) is 6.07 Å². The first-order chi connectivity index (χ1) is 11.8. The number of rotatable bonds is 4. The second-order valence-electron chi connectivity index (χ2n) is 6.26. The van der Waals surface area contributed by atoms with E-state index in [9.17, 15) is 13.2 Å². The Kier molecular flexibility index (Phi) is 5.09. The average molecular weight is 399 g/mol. The molecule has 0 fully saturated rings. The van der Waals surface area contributed by atoms with Crippen LogP contribution < -0.4 is 9.62 Å². The van der Waals surface area contributed by atoms with Gasteiger partial charge in [-0.1, -0.05) is 31.5 Å². The molecule has 1 aromatic carbocycles. The number of hydrogen-bond donors (Lipinski definition) is 1. The van der Waals surface area contributed by atoms with Crippen LogP contribution in [0.2, 0.25) is 4.34 Å². The number of amides is 1. The highest BCUT2D eigenvalue weighted by molar-refractivity contribution is 7.94. The molecule has 2 aromatic rings. The smallest absolute Gasteiger partial charge is 0.271 e. The first kappa shape index (κ1) is 18.2. The van der Waals surface area contributed by atoms with Gasteiger partial charge in [-0.05, 0) is 42.7 Å². The van der Waals surface area contributed by atoms with Crippen LogP contribution in [0.5, 0.6) is 0 Å². The Balaban J connectivity index is 1.92. The summed E-state index contributed by atoms with van der Waals surface area (Å²) in [6.45, 7) is 4.38. The molecule has 0 radical (unpaired) electrons. The zero-order valence-corrected chi connectivity index (χ0v) is 16.3. The molecule has 0 unspecified atom stereocenters. The highest BCUT2D eigenvalue weighted by Crippen LogP contribution is 2.33. The van der Waals surface area contributed by atoms with E-state index in [0.717, 1.165) is 35.4 Å². The van der Waals surface area contributed by atoms with E-state index in [1.807, 2.05) is 19.9 Å². The molecule has 0 bridgehead atoms. The van der Waals surface area contributed by atoms with Crippen molar-refractivity contribution in [1.82, 2.24) is 0 Å². The molecule has 2 heterocycles. The number of hydrogen-bond acceptors (Lipinski definition) is 4. The molecule has 134 valence electrons. The van der Waals surface area contributed by atoms with Crippen molar-refractivity contribution in [2.24, 2.45) is 5.92 Å². The topological polar surface area (TPSA) is 66.5 Å². The predicted octanol–water partition coefficient (Wildman–Crippen LogP) is 4.14. The molecule has 1 amide bonds. The van der Waals surface area contributed by atoms with Gasteiger partial charge in [-0.2, -0.15) is 0 Å². The Bertz CT molecular complexity index is 906. The molecular weight excluding hydrogens is 380 g/mol. The quantitative estimate of drug-likeness (QED) is 0.841. The molecule has 1 aliphatic heterocycles. The summed E-state index contributed by atoms with van der Waals surface area (Å²) >= 11 is 6.83. The summed E-state index contributed by atoms with van der Waals surface area (Å²) in [5, 5.41) is 0. The number of aryl methyl sites for hydroxylation is 1. The first-order valence-corrected chi connectivity index (χ1v) is 10.7. The van der Waals surface area contributed by atoms with E-state index in [2.05, 4.69) is 4.72 Å². The van der Waals surface area contributed by atoms with E-state index in [-0.39, 0.29) is 16.0 Å². The lowest BCUT2D eigenvalue weighted by Gasteiger charge is -2.31. The Morgan fingerprint density at radius 1 is 1.28 bits per heavy atom. The molecule has 0 aliphatic carbocycles. The van der Waals surface area contributed by atoms with Crippen molar-refractivity contribution in [2.45, 2.75) is 30.9 Å². The molecule has 0 spiro atoms. The number of sulfonamides is 1. The van der Waals surface area contributed by atoms with Gasteiger partial charge >= 0.3 is 0 Å². The minimum Gasteiger partial charge on any atom is -0.312 e. The predicted molar refractivity (Wildman–Crippen MR) is 102 cm³/mol. The number of fused-ring (bicyclic) bond motifs is 1. The summed E-state index contributed by atoms with van der Waals surface area (Å²) in [6.07, 6.45) is 1.79. The summed E-state index contributed by atoms with van der Waals surface area (Å²) in [5.41, 5.74) is 2.28. The van der Waals surface area contributed by atoms with Crippen molar-refractivity contribution in [1.29, 1.82) is 0 Å². The lowest BCUT2D eigenvalue weighted by Crippen LogP contribution is -2.38. The third-order valence-corrected chi connectivity index (χ3v) is 7.13. The minimum atomic E-state index is -3.69. The molecule has 1 aromatic heterocycles. The lowest BCUT2D eigenvalue weighted by molar-refractivity contribution is -0.121. The second kappa shape index (κ2) is 6.97. The van der Waals surface area contributed by atoms with Crippen LogP contribution in [0.3, 0.4) is 0 Å². The monoisotopic (exact) mass is 398 g/mol. The van der Waals surface area contributed by atoms with Crippen molar-refractivity contribution in [3.8, 4) is 0 Å². The van der Waals surface area contributed by atoms with Crippen molar-refractivity contribution >= 4 is 50.2 Å². The fourth-order valence-electron chi connectivity index (χ4n) is 2.83. The largest absolute Gasteiger partial charge is 0.312 e. The molecule has 0 atom stereocenters. The standard InChI is InChI=1S/C17H19ClN2O3S2/c1-11(2)17(21)20-9-3-4-12-5-6-13(10-14(12)20)19-25(22,23)16-8-7-15(18)24-16/h5-8,10-11,19H,3-4,9H2,1-2H3.